The van der Waals surface area contributed by atoms with Gasteiger partial charge < -0.3 is 33.3 Å². The molecule has 10 heteroatoms. The summed E-state index contributed by atoms with van der Waals surface area (Å²) in [6, 6.07) is 7.58. The first-order valence-corrected chi connectivity index (χ1v) is 15.6. The van der Waals surface area contributed by atoms with Gasteiger partial charge in [0.1, 0.15) is 0 Å². The van der Waals surface area contributed by atoms with Crippen LogP contribution in [0.15, 0.2) is 30.3 Å². The standard InChI is InChI=1S/C34H51N3O7/c1-7-8-9-10-11-12-13-14-21-44-34-28(39-2)22-26(23-29(34)40-3)15-16-32(38)35-37-19-17-36(18-20-37)27-24-30(41-4)33(43-6)31(25-27)42-5/h15-16,22-25H,7-14,17-21H2,1-6H3,(H,35,38). The number of nitrogens with one attached hydrogen (secondary N) is 1. The fraction of sp³-hybridized carbons (Fsp3) is 0.559. The van der Waals surface area contributed by atoms with E-state index in [1.54, 1.807) is 41.6 Å². The van der Waals surface area contributed by atoms with Crippen LogP contribution in [0.3, 0.4) is 0 Å². The van der Waals surface area contributed by atoms with Crippen LogP contribution in [-0.4, -0.2) is 79.3 Å². The van der Waals surface area contributed by atoms with Gasteiger partial charge in [0, 0.05) is 50.1 Å². The lowest BCUT2D eigenvalue weighted by Crippen LogP contribution is -2.53. The van der Waals surface area contributed by atoms with Crippen LogP contribution >= 0.6 is 0 Å². The number of amides is 1. The van der Waals surface area contributed by atoms with Crippen LogP contribution in [0.1, 0.15) is 63.9 Å². The Morgan fingerprint density at radius 1 is 0.705 bits per heavy atom. The zero-order valence-electron chi connectivity index (χ0n) is 27.4. The second-order valence-electron chi connectivity index (χ2n) is 10.7. The molecule has 1 saturated heterocycles. The quantitative estimate of drug-likeness (QED) is 0.149. The molecule has 44 heavy (non-hydrogen) atoms. The number of carbonyl (C=O) groups excluding carboxylic acids is 1. The van der Waals surface area contributed by atoms with Crippen molar-refractivity contribution in [2.75, 3.05) is 73.2 Å². The number of anilines is 1. The molecule has 1 N–H and O–H groups in total. The molecule has 0 unspecified atom stereocenters. The molecule has 1 amide bonds. The first kappa shape index (κ1) is 34.7. The van der Waals surface area contributed by atoms with Crippen molar-refractivity contribution in [1.29, 1.82) is 0 Å². The molecule has 1 fully saturated rings. The van der Waals surface area contributed by atoms with Crippen molar-refractivity contribution in [2.24, 2.45) is 0 Å². The molecule has 10 nitrogen and oxygen atoms in total. The summed E-state index contributed by atoms with van der Waals surface area (Å²) in [5.74, 6) is 3.31. The smallest absolute Gasteiger partial charge is 0.258 e. The van der Waals surface area contributed by atoms with E-state index in [-0.39, 0.29) is 5.91 Å². The summed E-state index contributed by atoms with van der Waals surface area (Å²) in [7, 11) is 8.02. The number of piperazine rings is 1. The van der Waals surface area contributed by atoms with Crippen LogP contribution in [0.2, 0.25) is 0 Å². The van der Waals surface area contributed by atoms with Gasteiger partial charge in [-0.1, -0.05) is 51.9 Å². The molecule has 0 radical (unpaired) electrons. The van der Waals surface area contributed by atoms with Crippen molar-refractivity contribution in [3.63, 3.8) is 0 Å². The highest BCUT2D eigenvalue weighted by Crippen LogP contribution is 2.41. The third-order valence-electron chi connectivity index (χ3n) is 7.72. The number of benzene rings is 2. The van der Waals surface area contributed by atoms with Gasteiger partial charge in [0.05, 0.1) is 42.2 Å². The van der Waals surface area contributed by atoms with E-state index in [2.05, 4.69) is 17.2 Å². The van der Waals surface area contributed by atoms with Gasteiger partial charge in [-0.25, -0.2) is 5.01 Å². The Bertz CT molecular complexity index is 1150. The molecular weight excluding hydrogens is 562 g/mol. The Balaban J connectivity index is 1.50. The topological polar surface area (TPSA) is 91.0 Å². The maximum Gasteiger partial charge on any atom is 0.258 e. The SMILES string of the molecule is CCCCCCCCCCOc1c(OC)cc(C=CC(=O)NN2CCN(c3cc(OC)c(OC)c(OC)c3)CC2)cc1OC. The monoisotopic (exact) mass is 613 g/mol. The Hall–Kier alpha value is -3.79. The average Bonchev–Trinajstić information content (AvgIpc) is 3.06. The predicted octanol–water partition coefficient (Wildman–Crippen LogP) is 6.12. The maximum absolute atomic E-state index is 12.8. The summed E-state index contributed by atoms with van der Waals surface area (Å²) in [6.45, 7) is 5.59. The Labute approximate surface area is 263 Å². The molecule has 2 aromatic rings. The zero-order chi connectivity index (χ0) is 31.7. The van der Waals surface area contributed by atoms with E-state index >= 15 is 0 Å². The van der Waals surface area contributed by atoms with Gasteiger partial charge in [0.25, 0.3) is 5.91 Å². The second kappa shape index (κ2) is 18.8. The van der Waals surface area contributed by atoms with Gasteiger partial charge in [-0.2, -0.15) is 0 Å². The minimum absolute atomic E-state index is 0.209. The molecule has 0 atom stereocenters. The fourth-order valence-electron chi connectivity index (χ4n) is 5.24. The van der Waals surface area contributed by atoms with Gasteiger partial charge in [0.15, 0.2) is 23.0 Å². The Morgan fingerprint density at radius 3 is 1.75 bits per heavy atom. The third kappa shape index (κ3) is 10.1. The molecule has 0 aromatic heterocycles. The van der Waals surface area contributed by atoms with Crippen LogP contribution in [0.4, 0.5) is 5.69 Å². The molecule has 0 bridgehead atoms. The van der Waals surface area contributed by atoms with Crippen LogP contribution in [0.25, 0.3) is 6.08 Å². The van der Waals surface area contributed by atoms with E-state index in [1.165, 1.54) is 44.6 Å². The highest BCUT2D eigenvalue weighted by atomic mass is 16.5. The van der Waals surface area contributed by atoms with E-state index in [0.717, 1.165) is 37.2 Å². The lowest BCUT2D eigenvalue weighted by atomic mass is 10.1. The molecule has 3 rings (SSSR count). The fourth-order valence-corrected chi connectivity index (χ4v) is 5.24. The number of ether oxygens (including phenoxy) is 6. The molecule has 1 heterocycles. The minimum atomic E-state index is -0.209. The zero-order valence-corrected chi connectivity index (χ0v) is 27.4. The van der Waals surface area contributed by atoms with E-state index in [4.69, 9.17) is 28.4 Å². The number of nitrogens with zero attached hydrogens (tertiary/aromatic N) is 2. The summed E-state index contributed by atoms with van der Waals surface area (Å²) >= 11 is 0. The van der Waals surface area contributed by atoms with Crippen LogP contribution < -0.4 is 38.7 Å². The summed E-state index contributed by atoms with van der Waals surface area (Å²) in [5.41, 5.74) is 4.73. The first-order chi connectivity index (χ1) is 21.5. The number of hydrazine groups is 1. The van der Waals surface area contributed by atoms with Gasteiger partial charge in [-0.15, -0.1) is 0 Å². The van der Waals surface area contributed by atoms with Gasteiger partial charge in [-0.05, 0) is 30.2 Å². The average molecular weight is 614 g/mol. The van der Waals surface area contributed by atoms with Crippen LogP contribution in [0.5, 0.6) is 34.5 Å². The number of rotatable bonds is 19. The van der Waals surface area contributed by atoms with Crippen LogP contribution in [-0.2, 0) is 4.79 Å². The van der Waals surface area contributed by atoms with E-state index < -0.39 is 0 Å². The number of hydrogen-bond donors (Lipinski definition) is 1. The second-order valence-corrected chi connectivity index (χ2v) is 10.7. The highest BCUT2D eigenvalue weighted by molar-refractivity contribution is 5.91. The first-order valence-electron chi connectivity index (χ1n) is 15.6. The molecule has 1 aliphatic heterocycles. The predicted molar refractivity (Wildman–Crippen MR) is 175 cm³/mol. The molecule has 0 spiro atoms. The number of carbonyl (C=O) groups is 1. The molecule has 2 aromatic carbocycles. The van der Waals surface area contributed by atoms with Gasteiger partial charge >= 0.3 is 0 Å². The Kier molecular flexibility index (Phi) is 14.8. The van der Waals surface area contributed by atoms with Crippen LogP contribution in [0, 0.1) is 0 Å². The Morgan fingerprint density at radius 2 is 1.23 bits per heavy atom. The lowest BCUT2D eigenvalue weighted by Gasteiger charge is -2.36. The summed E-state index contributed by atoms with van der Waals surface area (Å²) in [5, 5.41) is 1.92. The van der Waals surface area contributed by atoms with Crippen molar-refractivity contribution >= 4 is 17.7 Å². The van der Waals surface area contributed by atoms with E-state index in [1.807, 2.05) is 29.3 Å². The van der Waals surface area contributed by atoms with E-state index in [9.17, 15) is 4.79 Å². The van der Waals surface area contributed by atoms with Gasteiger partial charge in [0.2, 0.25) is 11.5 Å². The van der Waals surface area contributed by atoms with Crippen molar-refractivity contribution in [3.05, 3.63) is 35.9 Å². The molecule has 1 aliphatic rings. The number of hydrogen-bond acceptors (Lipinski definition) is 9. The summed E-state index contributed by atoms with van der Waals surface area (Å²) < 4.78 is 33.7. The molecular formula is C34H51N3O7. The summed E-state index contributed by atoms with van der Waals surface area (Å²) in [4.78, 5) is 15.0. The number of unbranched alkanes of at least 4 members (excludes halogenated alkanes) is 7. The summed E-state index contributed by atoms with van der Waals surface area (Å²) in [6.07, 6.45) is 13.2. The molecule has 0 aliphatic carbocycles. The van der Waals surface area contributed by atoms with Crippen molar-refractivity contribution < 1.29 is 33.2 Å². The lowest BCUT2D eigenvalue weighted by molar-refractivity contribution is -0.121. The molecule has 0 saturated carbocycles. The largest absolute Gasteiger partial charge is 0.493 e. The minimum Gasteiger partial charge on any atom is -0.493 e. The maximum atomic E-state index is 12.8. The van der Waals surface area contributed by atoms with Crippen molar-refractivity contribution in [2.45, 2.75) is 58.3 Å². The highest BCUT2D eigenvalue weighted by Gasteiger charge is 2.22. The van der Waals surface area contributed by atoms with Gasteiger partial charge in [-0.3, -0.25) is 10.2 Å². The molecule has 244 valence electrons. The third-order valence-corrected chi connectivity index (χ3v) is 7.72. The number of methoxy groups -OCH3 is 5. The van der Waals surface area contributed by atoms with E-state index in [0.29, 0.717) is 54.2 Å². The normalized spacial score (nSPS) is 13.5. The van der Waals surface area contributed by atoms with Crippen molar-refractivity contribution in [3.8, 4) is 34.5 Å². The van der Waals surface area contributed by atoms with Crippen molar-refractivity contribution in [1.82, 2.24) is 10.4 Å².